The van der Waals surface area contributed by atoms with Gasteiger partial charge in [-0.15, -0.1) is 0 Å². The van der Waals surface area contributed by atoms with Crippen molar-refractivity contribution in [2.24, 2.45) is 11.8 Å². The highest BCUT2D eigenvalue weighted by molar-refractivity contribution is 5.87. The molecule has 1 aliphatic carbocycles. The summed E-state index contributed by atoms with van der Waals surface area (Å²) in [4.78, 5) is 16.0. The van der Waals surface area contributed by atoms with Crippen molar-refractivity contribution in [3.63, 3.8) is 0 Å². The highest BCUT2D eigenvalue weighted by Crippen LogP contribution is 2.39. The Labute approximate surface area is 183 Å². The van der Waals surface area contributed by atoms with Gasteiger partial charge >= 0.3 is 0 Å². The zero-order chi connectivity index (χ0) is 21.4. The number of benzene rings is 1. The number of nitrogens with one attached hydrogen (secondary N) is 1. The van der Waals surface area contributed by atoms with Crippen LogP contribution < -0.4 is 5.32 Å². The van der Waals surface area contributed by atoms with E-state index in [2.05, 4.69) is 24.1 Å². The van der Waals surface area contributed by atoms with Gasteiger partial charge in [0.25, 0.3) is 5.91 Å². The topological polar surface area (TPSA) is 52.6 Å². The smallest absolute Gasteiger partial charge is 0.257 e. The van der Waals surface area contributed by atoms with Crippen molar-refractivity contribution in [1.82, 2.24) is 10.2 Å². The van der Waals surface area contributed by atoms with Crippen LogP contribution in [0.15, 0.2) is 30.3 Å². The fourth-order valence-electron chi connectivity index (χ4n) is 5.23. The predicted octanol–water partition coefficient (Wildman–Crippen LogP) is 4.86. The van der Waals surface area contributed by atoms with Crippen molar-refractivity contribution in [1.29, 1.82) is 0 Å². The third-order valence-corrected chi connectivity index (χ3v) is 7.55. The number of carbonyl (C=O) groups excluding carboxylic acids is 1. The summed E-state index contributed by atoms with van der Waals surface area (Å²) in [5.41, 5.74) is -0.661. The van der Waals surface area contributed by atoms with Gasteiger partial charge in [-0.05, 0) is 56.6 Å². The highest BCUT2D eigenvalue weighted by Gasteiger charge is 2.46. The molecular formula is C26H42N2O2. The van der Waals surface area contributed by atoms with Crippen LogP contribution in [0.25, 0.3) is 0 Å². The average molecular weight is 415 g/mol. The van der Waals surface area contributed by atoms with E-state index in [1.165, 1.54) is 32.2 Å². The highest BCUT2D eigenvalue weighted by atomic mass is 16.3. The van der Waals surface area contributed by atoms with E-state index in [0.717, 1.165) is 63.1 Å². The van der Waals surface area contributed by atoms with E-state index >= 15 is 0 Å². The molecular weight excluding hydrogens is 372 g/mol. The second-order valence-corrected chi connectivity index (χ2v) is 9.71. The van der Waals surface area contributed by atoms with Gasteiger partial charge in [-0.1, -0.05) is 69.9 Å². The standard InChI is InChI=1S/C26H42N2O2/c1-3-21(2)11-10-18-28-19-16-24(17-20-28)27-25(29)26(30,22-12-6-4-7-13-22)23-14-8-5-9-15-23/h4,6-7,12-13,21,23-24,30H,3,5,8-11,14-20H2,1-2H3,(H,27,29)/t21-,26?/m0/s1. The first-order valence-corrected chi connectivity index (χ1v) is 12.3. The number of hydrogen-bond acceptors (Lipinski definition) is 3. The first-order valence-electron chi connectivity index (χ1n) is 12.3. The summed E-state index contributed by atoms with van der Waals surface area (Å²) < 4.78 is 0. The summed E-state index contributed by atoms with van der Waals surface area (Å²) in [6.07, 6.45) is 11.0. The molecule has 1 amide bonds. The minimum Gasteiger partial charge on any atom is -0.375 e. The van der Waals surface area contributed by atoms with Crippen LogP contribution in [-0.2, 0) is 10.4 Å². The van der Waals surface area contributed by atoms with Crippen molar-refractivity contribution in [2.45, 2.75) is 89.7 Å². The first-order chi connectivity index (χ1) is 14.5. The van der Waals surface area contributed by atoms with Crippen molar-refractivity contribution in [2.75, 3.05) is 19.6 Å². The van der Waals surface area contributed by atoms with Gasteiger partial charge in [0.05, 0.1) is 0 Å². The first kappa shape index (κ1) is 23.3. The summed E-state index contributed by atoms with van der Waals surface area (Å²) >= 11 is 0. The van der Waals surface area contributed by atoms with Gasteiger partial charge in [-0.2, -0.15) is 0 Å². The number of rotatable bonds is 9. The van der Waals surface area contributed by atoms with Gasteiger partial charge in [0.15, 0.2) is 5.60 Å². The summed E-state index contributed by atoms with van der Waals surface area (Å²) in [5, 5.41) is 15.0. The van der Waals surface area contributed by atoms with Gasteiger partial charge in [0, 0.05) is 25.0 Å². The fourth-order valence-corrected chi connectivity index (χ4v) is 5.23. The molecule has 3 rings (SSSR count). The molecule has 4 heteroatoms. The molecule has 30 heavy (non-hydrogen) atoms. The fraction of sp³-hybridized carbons (Fsp3) is 0.731. The van der Waals surface area contributed by atoms with Crippen LogP contribution in [0, 0.1) is 11.8 Å². The van der Waals surface area contributed by atoms with Gasteiger partial charge in [0.2, 0.25) is 0 Å². The van der Waals surface area contributed by atoms with Gasteiger partial charge in [-0.25, -0.2) is 0 Å². The summed E-state index contributed by atoms with van der Waals surface area (Å²) in [6.45, 7) is 7.85. The minimum atomic E-state index is -1.41. The summed E-state index contributed by atoms with van der Waals surface area (Å²) in [5.74, 6) is 0.641. The SMILES string of the molecule is CC[C@H](C)CCCN1CCC(NC(=O)C(O)(c2ccccc2)C2CCCCC2)CC1. The van der Waals surface area contributed by atoms with Crippen molar-refractivity contribution >= 4 is 5.91 Å². The maximum absolute atomic E-state index is 13.4. The van der Waals surface area contributed by atoms with Crippen LogP contribution in [-0.4, -0.2) is 41.6 Å². The lowest BCUT2D eigenvalue weighted by Gasteiger charge is -2.40. The van der Waals surface area contributed by atoms with Crippen molar-refractivity contribution < 1.29 is 9.90 Å². The van der Waals surface area contributed by atoms with E-state index in [1.807, 2.05) is 30.3 Å². The molecule has 1 saturated carbocycles. The van der Waals surface area contributed by atoms with Crippen LogP contribution >= 0.6 is 0 Å². The summed E-state index contributed by atoms with van der Waals surface area (Å²) in [7, 11) is 0. The number of nitrogens with zero attached hydrogens (tertiary/aromatic N) is 1. The van der Waals surface area contributed by atoms with Crippen LogP contribution in [0.5, 0.6) is 0 Å². The molecule has 2 atom stereocenters. The quantitative estimate of drug-likeness (QED) is 0.607. The molecule has 2 N–H and O–H groups in total. The Bertz CT molecular complexity index is 636. The van der Waals surface area contributed by atoms with Gasteiger partial charge < -0.3 is 15.3 Å². The Hall–Kier alpha value is -1.39. The normalized spacial score (nSPS) is 22.4. The molecule has 1 heterocycles. The van der Waals surface area contributed by atoms with E-state index in [4.69, 9.17) is 0 Å². The monoisotopic (exact) mass is 414 g/mol. The molecule has 1 aliphatic heterocycles. The molecule has 0 bridgehead atoms. The predicted molar refractivity (Wildman–Crippen MR) is 123 cm³/mol. The Morgan fingerprint density at radius 2 is 1.80 bits per heavy atom. The minimum absolute atomic E-state index is 0.00861. The zero-order valence-electron chi connectivity index (χ0n) is 19.1. The summed E-state index contributed by atoms with van der Waals surface area (Å²) in [6, 6.07) is 9.78. The van der Waals surface area contributed by atoms with Crippen LogP contribution in [0.2, 0.25) is 0 Å². The number of carbonyl (C=O) groups is 1. The lowest BCUT2D eigenvalue weighted by Crippen LogP contribution is -2.54. The number of amides is 1. The van der Waals surface area contributed by atoms with Crippen LogP contribution in [0.4, 0.5) is 0 Å². The average Bonchev–Trinajstić information content (AvgIpc) is 2.80. The number of aliphatic hydroxyl groups is 1. The Balaban J connectivity index is 1.56. The third-order valence-electron chi connectivity index (χ3n) is 7.55. The molecule has 1 aromatic carbocycles. The largest absolute Gasteiger partial charge is 0.375 e. The zero-order valence-corrected chi connectivity index (χ0v) is 19.1. The Kier molecular flexibility index (Phi) is 8.76. The van der Waals surface area contributed by atoms with Gasteiger partial charge in [0.1, 0.15) is 0 Å². The molecule has 0 aromatic heterocycles. The molecule has 2 fully saturated rings. The maximum atomic E-state index is 13.4. The molecule has 1 aromatic rings. The molecule has 1 saturated heterocycles. The Morgan fingerprint density at radius 3 is 2.43 bits per heavy atom. The van der Waals surface area contributed by atoms with E-state index in [-0.39, 0.29) is 17.9 Å². The lowest BCUT2D eigenvalue weighted by atomic mass is 9.72. The second-order valence-electron chi connectivity index (χ2n) is 9.71. The van der Waals surface area contributed by atoms with E-state index in [9.17, 15) is 9.90 Å². The van der Waals surface area contributed by atoms with Crippen molar-refractivity contribution in [3.8, 4) is 0 Å². The molecule has 1 unspecified atom stereocenters. The van der Waals surface area contributed by atoms with E-state index < -0.39 is 5.60 Å². The molecule has 2 aliphatic rings. The second kappa shape index (κ2) is 11.3. The van der Waals surface area contributed by atoms with Gasteiger partial charge in [-0.3, -0.25) is 4.79 Å². The van der Waals surface area contributed by atoms with Crippen LogP contribution in [0.1, 0.15) is 83.6 Å². The molecule has 0 radical (unpaired) electrons. The molecule has 168 valence electrons. The number of likely N-dealkylation sites (tertiary alicyclic amines) is 1. The lowest BCUT2D eigenvalue weighted by molar-refractivity contribution is -0.150. The Morgan fingerprint density at radius 1 is 1.13 bits per heavy atom. The third kappa shape index (κ3) is 5.85. The van der Waals surface area contributed by atoms with Crippen LogP contribution in [0.3, 0.4) is 0 Å². The number of piperidine rings is 1. The number of hydrogen-bond donors (Lipinski definition) is 2. The molecule has 0 spiro atoms. The van der Waals surface area contributed by atoms with E-state index in [1.54, 1.807) is 0 Å². The van der Waals surface area contributed by atoms with E-state index in [0.29, 0.717) is 0 Å². The van der Waals surface area contributed by atoms with Crippen molar-refractivity contribution in [3.05, 3.63) is 35.9 Å². The maximum Gasteiger partial charge on any atom is 0.257 e. The molecule has 4 nitrogen and oxygen atoms in total.